The maximum absolute atomic E-state index is 14.4. The van der Waals surface area contributed by atoms with Crippen molar-refractivity contribution in [2.75, 3.05) is 66.4 Å². The molecule has 0 amide bonds. The molecular formula is C51H57NO9S. The van der Waals surface area contributed by atoms with Gasteiger partial charge >= 0.3 is 5.97 Å². The topological polar surface area (TPSA) is 102 Å². The minimum Gasteiger partial charge on any atom is -0.492 e. The maximum Gasteiger partial charge on any atom is 0.332 e. The number of nitrogens with zero attached hydrogens (tertiary/aromatic N) is 1. The largest absolute Gasteiger partial charge is 0.492 e. The van der Waals surface area contributed by atoms with Gasteiger partial charge in [-0.1, -0.05) is 60.7 Å². The van der Waals surface area contributed by atoms with Crippen LogP contribution < -0.4 is 14.2 Å². The molecule has 0 bridgehead atoms. The zero-order valence-corrected chi connectivity index (χ0v) is 37.0. The van der Waals surface area contributed by atoms with Gasteiger partial charge in [-0.2, -0.15) is 0 Å². The van der Waals surface area contributed by atoms with Crippen LogP contribution in [0.2, 0.25) is 0 Å². The van der Waals surface area contributed by atoms with Gasteiger partial charge in [0, 0.05) is 45.8 Å². The average molecular weight is 860 g/mol. The minimum atomic E-state index is -0.523. The number of esters is 1. The first-order valence-electron chi connectivity index (χ1n) is 21.0. The number of hydrogen-bond donors (Lipinski definition) is 0. The Morgan fingerprint density at radius 1 is 0.597 bits per heavy atom. The zero-order chi connectivity index (χ0) is 43.6. The number of benzene rings is 5. The predicted octanol–water partition coefficient (Wildman–Crippen LogP) is 10.0. The standard InChI is InChI=1S/C51H57NO9S/c1-51(2,3)61-47(53)37-57-33-32-56-31-30-55-28-11-26-52(4)27-29-58-42-20-16-40(17-21-42)49(54)48-45-25-24-44(60-36-39-14-9-6-10-15-39)34-46(45)62-50(48)41-18-22-43(23-19-41)59-35-38-12-7-5-8-13-38/h5-10,12-25,34H,11,26-33,35-37H2,1-4H3. The lowest BCUT2D eigenvalue weighted by Crippen LogP contribution is -2.27. The molecule has 6 rings (SSSR count). The first kappa shape index (κ1) is 46.0. The van der Waals surface area contributed by atoms with Crippen LogP contribution in [-0.2, 0) is 37.0 Å². The first-order valence-corrected chi connectivity index (χ1v) is 21.8. The molecule has 1 heterocycles. The molecule has 5 aromatic carbocycles. The van der Waals surface area contributed by atoms with Crippen LogP contribution in [0.25, 0.3) is 20.5 Å². The Morgan fingerprint density at radius 2 is 1.16 bits per heavy atom. The molecule has 0 spiro atoms. The fraction of sp³-hybridized carbons (Fsp3) is 0.333. The summed E-state index contributed by atoms with van der Waals surface area (Å²) in [7, 11) is 2.05. The molecule has 0 radical (unpaired) electrons. The number of carbonyl (C=O) groups excluding carboxylic acids is 2. The van der Waals surface area contributed by atoms with Gasteiger partial charge in [0.1, 0.15) is 49.3 Å². The number of likely N-dealkylation sites (N-methyl/N-ethyl adjacent to an activating group) is 1. The SMILES string of the molecule is CN(CCCOCCOCCOCC(=O)OC(C)(C)C)CCOc1ccc(C(=O)c2c(-c3ccc(OCc4ccccc4)cc3)sc3cc(OCc4ccccc4)ccc23)cc1. The van der Waals surface area contributed by atoms with Crippen LogP contribution in [0.3, 0.4) is 0 Å². The molecule has 1 aromatic heterocycles. The highest BCUT2D eigenvalue weighted by Gasteiger charge is 2.23. The molecule has 0 saturated carbocycles. The van der Waals surface area contributed by atoms with Crippen LogP contribution in [-0.4, -0.2) is 88.6 Å². The zero-order valence-electron chi connectivity index (χ0n) is 36.1. The lowest BCUT2D eigenvalue weighted by molar-refractivity contribution is -0.160. The minimum absolute atomic E-state index is 0.0574. The van der Waals surface area contributed by atoms with Gasteiger partial charge in [0.15, 0.2) is 5.78 Å². The monoisotopic (exact) mass is 859 g/mol. The molecule has 0 aliphatic carbocycles. The van der Waals surface area contributed by atoms with Crippen LogP contribution in [0.4, 0.5) is 0 Å². The van der Waals surface area contributed by atoms with Gasteiger partial charge in [0.05, 0.1) is 26.4 Å². The van der Waals surface area contributed by atoms with Gasteiger partial charge in [-0.15, -0.1) is 11.3 Å². The summed E-state index contributed by atoms with van der Waals surface area (Å²) in [6, 6.07) is 41.4. The number of ketones is 1. The van der Waals surface area contributed by atoms with Crippen molar-refractivity contribution >= 4 is 33.2 Å². The summed E-state index contributed by atoms with van der Waals surface area (Å²) < 4.78 is 41.0. The van der Waals surface area contributed by atoms with Gasteiger partial charge in [0.25, 0.3) is 0 Å². The van der Waals surface area contributed by atoms with Gasteiger partial charge in [0.2, 0.25) is 0 Å². The highest BCUT2D eigenvalue weighted by Crippen LogP contribution is 2.42. The molecule has 11 heteroatoms. The van der Waals surface area contributed by atoms with Gasteiger partial charge < -0.3 is 38.1 Å². The van der Waals surface area contributed by atoms with E-state index in [1.54, 1.807) is 11.3 Å². The summed E-state index contributed by atoms with van der Waals surface area (Å²) in [4.78, 5) is 29.2. The van der Waals surface area contributed by atoms with Crippen molar-refractivity contribution in [1.82, 2.24) is 4.90 Å². The van der Waals surface area contributed by atoms with Crippen LogP contribution in [0.5, 0.6) is 17.2 Å². The summed E-state index contributed by atoms with van der Waals surface area (Å²) in [5.41, 5.74) is 3.84. The van der Waals surface area contributed by atoms with E-state index < -0.39 is 5.60 Å². The van der Waals surface area contributed by atoms with E-state index in [-0.39, 0.29) is 18.4 Å². The molecule has 0 atom stereocenters. The van der Waals surface area contributed by atoms with E-state index in [0.717, 1.165) is 62.7 Å². The van der Waals surface area contributed by atoms with Crippen molar-refractivity contribution in [2.24, 2.45) is 0 Å². The summed E-state index contributed by atoms with van der Waals surface area (Å²) in [6.45, 7) is 10.7. The number of carbonyl (C=O) groups is 2. The Bertz CT molecular complexity index is 2270. The molecule has 0 aliphatic rings. The highest BCUT2D eigenvalue weighted by atomic mass is 32.1. The number of ether oxygens (including phenoxy) is 7. The summed E-state index contributed by atoms with van der Waals surface area (Å²) in [5.74, 6) is 1.77. The molecule has 6 aromatic rings. The molecule has 0 aliphatic heterocycles. The van der Waals surface area contributed by atoms with E-state index in [1.165, 1.54) is 0 Å². The maximum atomic E-state index is 14.4. The molecule has 0 fully saturated rings. The first-order chi connectivity index (χ1) is 30.1. The lowest BCUT2D eigenvalue weighted by atomic mass is 9.97. The van der Waals surface area contributed by atoms with Crippen molar-refractivity contribution in [1.29, 1.82) is 0 Å². The third-order valence-corrected chi connectivity index (χ3v) is 10.8. The Morgan fingerprint density at radius 3 is 1.81 bits per heavy atom. The fourth-order valence-electron chi connectivity index (χ4n) is 6.46. The molecule has 0 saturated heterocycles. The van der Waals surface area contributed by atoms with Crippen LogP contribution >= 0.6 is 11.3 Å². The van der Waals surface area contributed by atoms with Crippen molar-refractivity contribution in [3.63, 3.8) is 0 Å². The number of thiophene rings is 1. The summed E-state index contributed by atoms with van der Waals surface area (Å²) >= 11 is 1.58. The Kier molecular flexibility index (Phi) is 17.5. The van der Waals surface area contributed by atoms with E-state index in [0.29, 0.717) is 69.7 Å². The third-order valence-electron chi connectivity index (χ3n) is 9.57. The number of fused-ring (bicyclic) bond motifs is 1. The Labute approximate surface area is 369 Å². The molecule has 0 unspecified atom stereocenters. The van der Waals surface area contributed by atoms with Crippen LogP contribution in [0, 0.1) is 0 Å². The Hall–Kier alpha value is -5.56. The van der Waals surface area contributed by atoms with Gasteiger partial charge in [-0.05, 0) is 118 Å². The lowest BCUT2D eigenvalue weighted by Gasteiger charge is -2.19. The van der Waals surface area contributed by atoms with Crippen molar-refractivity contribution < 1.29 is 42.7 Å². The van der Waals surface area contributed by atoms with E-state index >= 15 is 0 Å². The van der Waals surface area contributed by atoms with E-state index in [1.807, 2.05) is 148 Å². The number of rotatable bonds is 25. The second-order valence-corrected chi connectivity index (χ2v) is 16.8. The van der Waals surface area contributed by atoms with E-state index in [9.17, 15) is 9.59 Å². The summed E-state index contributed by atoms with van der Waals surface area (Å²) in [6.07, 6.45) is 0.875. The second-order valence-electron chi connectivity index (χ2n) is 15.8. The molecule has 10 nitrogen and oxygen atoms in total. The normalized spacial score (nSPS) is 11.5. The van der Waals surface area contributed by atoms with Crippen molar-refractivity contribution in [3.8, 4) is 27.7 Å². The second kappa shape index (κ2) is 23.6. The molecular weight excluding hydrogens is 803 g/mol. The Balaban J connectivity index is 0.980. The van der Waals surface area contributed by atoms with Crippen molar-refractivity contribution in [3.05, 3.63) is 150 Å². The smallest absolute Gasteiger partial charge is 0.332 e. The van der Waals surface area contributed by atoms with E-state index in [4.69, 9.17) is 33.2 Å². The van der Waals surface area contributed by atoms with Crippen LogP contribution in [0.15, 0.2) is 127 Å². The summed E-state index contributed by atoms with van der Waals surface area (Å²) in [5, 5.41) is 0.882. The molecule has 62 heavy (non-hydrogen) atoms. The third kappa shape index (κ3) is 14.8. The van der Waals surface area contributed by atoms with Crippen molar-refractivity contribution in [2.45, 2.75) is 46.0 Å². The van der Waals surface area contributed by atoms with E-state index in [2.05, 4.69) is 11.9 Å². The molecule has 0 N–H and O–H groups in total. The van der Waals surface area contributed by atoms with Gasteiger partial charge in [-0.3, -0.25) is 4.79 Å². The number of hydrogen-bond acceptors (Lipinski definition) is 11. The van der Waals surface area contributed by atoms with Gasteiger partial charge in [-0.25, -0.2) is 4.79 Å². The fourth-order valence-corrected chi connectivity index (χ4v) is 7.69. The quantitative estimate of drug-likeness (QED) is 0.0314. The van der Waals surface area contributed by atoms with Crippen LogP contribution in [0.1, 0.15) is 54.2 Å². The average Bonchev–Trinajstić information content (AvgIpc) is 3.66. The molecule has 326 valence electrons. The predicted molar refractivity (Wildman–Crippen MR) is 245 cm³/mol. The highest BCUT2D eigenvalue weighted by molar-refractivity contribution is 7.22.